The molecule has 2 aromatic carbocycles. The van der Waals surface area contributed by atoms with E-state index in [-0.39, 0.29) is 11.8 Å². The van der Waals surface area contributed by atoms with Crippen LogP contribution in [0.1, 0.15) is 69.3 Å². The zero-order chi connectivity index (χ0) is 26.2. The fraction of sp³-hybridized carbons (Fsp3) is 0.533. The van der Waals surface area contributed by atoms with Gasteiger partial charge in [-0.25, -0.2) is 0 Å². The average molecular weight is 496 g/mol. The molecule has 0 unspecified atom stereocenters. The molecule has 0 radical (unpaired) electrons. The van der Waals surface area contributed by atoms with Gasteiger partial charge in [-0.15, -0.1) is 0 Å². The Morgan fingerprint density at radius 2 is 1.36 bits per heavy atom. The predicted octanol–water partition coefficient (Wildman–Crippen LogP) is 5.18. The standard InChI is InChI=1S/C30H45N3O3/c1-5-18-32(19-6-2)22-23-36-27-16-14-25(15-17-27)24-28(30(35)33(20-7-3)21-8-4)31-29(34)26-12-10-9-11-13-26/h9-17,28H,5-8,18-24H2,1-4H3,(H,31,34)/t28-/m1/s1. The fourth-order valence-corrected chi connectivity index (χ4v) is 4.34. The summed E-state index contributed by atoms with van der Waals surface area (Å²) in [6, 6.07) is 16.3. The summed E-state index contributed by atoms with van der Waals surface area (Å²) < 4.78 is 5.97. The number of nitrogens with zero attached hydrogens (tertiary/aromatic N) is 2. The summed E-state index contributed by atoms with van der Waals surface area (Å²) in [5.74, 6) is 0.558. The molecule has 6 nitrogen and oxygen atoms in total. The molecule has 2 amide bonds. The topological polar surface area (TPSA) is 61.9 Å². The highest BCUT2D eigenvalue weighted by atomic mass is 16.5. The molecule has 0 spiro atoms. The van der Waals surface area contributed by atoms with Gasteiger partial charge in [0, 0.05) is 31.6 Å². The number of benzene rings is 2. The van der Waals surface area contributed by atoms with Crippen LogP contribution < -0.4 is 10.1 Å². The minimum atomic E-state index is -0.626. The van der Waals surface area contributed by atoms with Crippen molar-refractivity contribution >= 4 is 11.8 Å². The summed E-state index contributed by atoms with van der Waals surface area (Å²) in [6.07, 6.45) is 4.48. The second-order valence-corrected chi connectivity index (χ2v) is 9.26. The first-order valence-electron chi connectivity index (χ1n) is 13.6. The van der Waals surface area contributed by atoms with Crippen LogP contribution in [0.4, 0.5) is 0 Å². The van der Waals surface area contributed by atoms with E-state index >= 15 is 0 Å². The van der Waals surface area contributed by atoms with Crippen molar-refractivity contribution in [3.8, 4) is 5.75 Å². The Hall–Kier alpha value is -2.86. The number of carbonyl (C=O) groups excluding carboxylic acids is 2. The van der Waals surface area contributed by atoms with Crippen molar-refractivity contribution in [2.75, 3.05) is 39.3 Å². The molecular formula is C30H45N3O3. The molecule has 1 N–H and O–H groups in total. The van der Waals surface area contributed by atoms with E-state index in [0.717, 1.165) is 56.6 Å². The quantitative estimate of drug-likeness (QED) is 0.329. The van der Waals surface area contributed by atoms with Gasteiger partial charge in [0.05, 0.1) is 0 Å². The minimum Gasteiger partial charge on any atom is -0.492 e. The summed E-state index contributed by atoms with van der Waals surface area (Å²) in [7, 11) is 0. The Morgan fingerprint density at radius 3 is 1.92 bits per heavy atom. The average Bonchev–Trinajstić information content (AvgIpc) is 2.89. The van der Waals surface area contributed by atoms with Crippen LogP contribution in [0.3, 0.4) is 0 Å². The van der Waals surface area contributed by atoms with Crippen molar-refractivity contribution in [1.29, 1.82) is 0 Å². The van der Waals surface area contributed by atoms with Crippen LogP contribution in [0.5, 0.6) is 5.75 Å². The van der Waals surface area contributed by atoms with Crippen LogP contribution in [0, 0.1) is 0 Å². The zero-order valence-corrected chi connectivity index (χ0v) is 22.7. The van der Waals surface area contributed by atoms with Crippen LogP contribution in [0.25, 0.3) is 0 Å². The molecular weight excluding hydrogens is 450 g/mol. The van der Waals surface area contributed by atoms with Gasteiger partial charge < -0.3 is 15.0 Å². The maximum absolute atomic E-state index is 13.5. The lowest BCUT2D eigenvalue weighted by atomic mass is 10.0. The van der Waals surface area contributed by atoms with E-state index in [9.17, 15) is 9.59 Å². The smallest absolute Gasteiger partial charge is 0.251 e. The van der Waals surface area contributed by atoms with Gasteiger partial charge >= 0.3 is 0 Å². The molecule has 36 heavy (non-hydrogen) atoms. The van der Waals surface area contributed by atoms with Gasteiger partial charge in [0.15, 0.2) is 0 Å². The van der Waals surface area contributed by atoms with Crippen molar-refractivity contribution in [2.24, 2.45) is 0 Å². The number of hydrogen-bond donors (Lipinski definition) is 1. The summed E-state index contributed by atoms with van der Waals surface area (Å²) in [5.41, 5.74) is 1.54. The molecule has 2 aromatic rings. The molecule has 0 aromatic heterocycles. The van der Waals surface area contributed by atoms with Crippen molar-refractivity contribution in [2.45, 2.75) is 65.8 Å². The summed E-state index contributed by atoms with van der Waals surface area (Å²) >= 11 is 0. The predicted molar refractivity (Wildman–Crippen MR) is 148 cm³/mol. The van der Waals surface area contributed by atoms with E-state index in [1.807, 2.05) is 47.4 Å². The van der Waals surface area contributed by atoms with Crippen molar-refractivity contribution in [3.63, 3.8) is 0 Å². The van der Waals surface area contributed by atoms with Gasteiger partial charge in [-0.05, 0) is 68.6 Å². The van der Waals surface area contributed by atoms with E-state index < -0.39 is 6.04 Å². The Morgan fingerprint density at radius 1 is 0.778 bits per heavy atom. The second-order valence-electron chi connectivity index (χ2n) is 9.26. The molecule has 0 bridgehead atoms. The molecule has 0 aliphatic rings. The number of hydrogen-bond acceptors (Lipinski definition) is 4. The second kappa shape index (κ2) is 16.7. The highest BCUT2D eigenvalue weighted by molar-refractivity contribution is 5.97. The summed E-state index contributed by atoms with van der Waals surface area (Å²) in [6.45, 7) is 13.6. The Labute approximate surface area is 218 Å². The molecule has 0 saturated carbocycles. The van der Waals surface area contributed by atoms with Crippen molar-refractivity contribution in [1.82, 2.24) is 15.1 Å². The maximum atomic E-state index is 13.5. The van der Waals surface area contributed by atoms with E-state index in [0.29, 0.717) is 31.7 Å². The first-order chi connectivity index (χ1) is 17.5. The van der Waals surface area contributed by atoms with E-state index in [1.54, 1.807) is 12.1 Å². The van der Waals surface area contributed by atoms with Gasteiger partial charge in [0.1, 0.15) is 18.4 Å². The van der Waals surface area contributed by atoms with E-state index in [1.165, 1.54) is 0 Å². The fourth-order valence-electron chi connectivity index (χ4n) is 4.34. The minimum absolute atomic E-state index is 0.0322. The zero-order valence-electron chi connectivity index (χ0n) is 22.7. The summed E-state index contributed by atoms with van der Waals surface area (Å²) in [5, 5.41) is 3.00. The molecule has 198 valence electrons. The molecule has 0 heterocycles. The lowest BCUT2D eigenvalue weighted by molar-refractivity contribution is -0.133. The third-order valence-corrected chi connectivity index (χ3v) is 6.06. The van der Waals surface area contributed by atoms with E-state index in [4.69, 9.17) is 4.74 Å². The van der Waals surface area contributed by atoms with Crippen LogP contribution in [0.15, 0.2) is 54.6 Å². The molecule has 1 atom stereocenters. The normalized spacial score (nSPS) is 11.8. The first kappa shape index (κ1) is 29.4. The third-order valence-electron chi connectivity index (χ3n) is 6.06. The maximum Gasteiger partial charge on any atom is 0.251 e. The van der Waals surface area contributed by atoms with Crippen molar-refractivity contribution < 1.29 is 14.3 Å². The molecule has 6 heteroatoms. The van der Waals surface area contributed by atoms with Crippen molar-refractivity contribution in [3.05, 3.63) is 65.7 Å². The first-order valence-corrected chi connectivity index (χ1v) is 13.6. The number of amides is 2. The van der Waals surface area contributed by atoms with Crippen LogP contribution >= 0.6 is 0 Å². The molecule has 2 rings (SSSR count). The lowest BCUT2D eigenvalue weighted by Gasteiger charge is -2.27. The van der Waals surface area contributed by atoms with Gasteiger partial charge in [0.25, 0.3) is 5.91 Å². The SMILES string of the molecule is CCCN(CCC)CCOc1ccc(C[C@@H](NC(=O)c2ccccc2)C(=O)N(CCC)CCC)cc1. The molecule has 0 aliphatic carbocycles. The molecule has 0 fully saturated rings. The highest BCUT2D eigenvalue weighted by Crippen LogP contribution is 2.15. The van der Waals surface area contributed by atoms with Crippen LogP contribution in [-0.2, 0) is 11.2 Å². The Balaban J connectivity index is 2.07. The van der Waals surface area contributed by atoms with Gasteiger partial charge in [-0.1, -0.05) is 58.0 Å². The number of carbonyl (C=O) groups is 2. The van der Waals surface area contributed by atoms with Gasteiger partial charge in [-0.3, -0.25) is 14.5 Å². The van der Waals surface area contributed by atoms with Gasteiger partial charge in [0.2, 0.25) is 5.91 Å². The lowest BCUT2D eigenvalue weighted by Crippen LogP contribution is -2.50. The Bertz CT molecular complexity index is 874. The van der Waals surface area contributed by atoms with E-state index in [2.05, 4.69) is 37.9 Å². The largest absolute Gasteiger partial charge is 0.492 e. The van der Waals surface area contributed by atoms with Crippen LogP contribution in [0.2, 0.25) is 0 Å². The monoisotopic (exact) mass is 495 g/mol. The van der Waals surface area contributed by atoms with Gasteiger partial charge in [-0.2, -0.15) is 0 Å². The number of nitrogens with one attached hydrogen (secondary N) is 1. The number of ether oxygens (including phenoxy) is 1. The highest BCUT2D eigenvalue weighted by Gasteiger charge is 2.26. The van der Waals surface area contributed by atoms with Crippen LogP contribution in [-0.4, -0.2) is 67.0 Å². The third kappa shape index (κ3) is 10.0. The molecule has 0 saturated heterocycles. The number of rotatable bonds is 17. The molecule has 0 aliphatic heterocycles. The Kier molecular flexibility index (Phi) is 13.7. The summed E-state index contributed by atoms with van der Waals surface area (Å²) in [4.78, 5) is 30.7.